The molecule has 0 aliphatic heterocycles. The molecule has 0 aliphatic carbocycles. The molecule has 0 saturated heterocycles. The Morgan fingerprint density at radius 2 is 1.91 bits per heavy atom. The highest BCUT2D eigenvalue weighted by atomic mass is 79.9. The van der Waals surface area contributed by atoms with Crippen LogP contribution in [-0.2, 0) is 6.42 Å². The smallest absolute Gasteiger partial charge is 0.0517 e. The van der Waals surface area contributed by atoms with Gasteiger partial charge in [-0.25, -0.2) is 0 Å². The van der Waals surface area contributed by atoms with Gasteiger partial charge >= 0.3 is 0 Å². The van der Waals surface area contributed by atoms with Crippen LogP contribution in [0.5, 0.6) is 0 Å². The maximum Gasteiger partial charge on any atom is 0.0517 e. The minimum absolute atomic E-state index is 0.875. The summed E-state index contributed by atoms with van der Waals surface area (Å²) >= 11 is 3.31. The normalized spacial score (nSPS) is 9.91. The molecule has 0 fully saturated rings. The highest BCUT2D eigenvalue weighted by Crippen LogP contribution is 1.97. The molecule has 0 bridgehead atoms. The van der Waals surface area contributed by atoms with Gasteiger partial charge in [-0.1, -0.05) is 46.3 Å². The Labute approximate surface area is 75.9 Å². The molecule has 1 nitrogen and oxygen atoms in total. The summed E-state index contributed by atoms with van der Waals surface area (Å²) in [5.74, 6) is 0. The maximum absolute atomic E-state index is 3.31. The predicted octanol–water partition coefficient (Wildman–Crippen LogP) is 2.17. The molecular weight excluding hydrogens is 202 g/mol. The Balaban J connectivity index is 2.28. The summed E-state index contributed by atoms with van der Waals surface area (Å²) in [4.78, 5) is 0. The topological polar surface area (TPSA) is 12.0 Å². The lowest BCUT2D eigenvalue weighted by molar-refractivity contribution is 0.779. The van der Waals surface area contributed by atoms with E-state index in [0.717, 1.165) is 18.4 Å². The number of hydrogen-bond acceptors (Lipinski definition) is 1. The van der Waals surface area contributed by atoms with E-state index in [1.807, 2.05) is 6.07 Å². The van der Waals surface area contributed by atoms with Gasteiger partial charge in [0.1, 0.15) is 0 Å². The highest BCUT2D eigenvalue weighted by Gasteiger charge is 1.88. The van der Waals surface area contributed by atoms with Gasteiger partial charge in [0.2, 0.25) is 0 Å². The van der Waals surface area contributed by atoms with E-state index in [2.05, 4.69) is 45.5 Å². The summed E-state index contributed by atoms with van der Waals surface area (Å²) in [5.41, 5.74) is 2.26. The average molecular weight is 214 g/mol. The van der Waals surface area contributed by atoms with Crippen molar-refractivity contribution >= 4 is 15.9 Å². The van der Waals surface area contributed by atoms with Crippen molar-refractivity contribution in [3.63, 3.8) is 0 Å². The van der Waals surface area contributed by atoms with Crippen molar-refractivity contribution in [1.29, 1.82) is 0 Å². The van der Waals surface area contributed by atoms with Crippen LogP contribution in [0, 0.1) is 0 Å². The zero-order chi connectivity index (χ0) is 7.94. The van der Waals surface area contributed by atoms with Gasteiger partial charge in [0.05, 0.1) is 5.45 Å². The lowest BCUT2D eigenvalue weighted by Gasteiger charge is -1.99. The zero-order valence-corrected chi connectivity index (χ0v) is 7.97. The monoisotopic (exact) mass is 213 g/mol. The Bertz CT molecular complexity index is 186. The number of benzene rings is 1. The van der Waals surface area contributed by atoms with Gasteiger partial charge < -0.3 is 5.32 Å². The molecule has 60 valence electrons. The number of alkyl halides is 1. The summed E-state index contributed by atoms with van der Waals surface area (Å²) in [6.07, 6.45) is 1.10. The van der Waals surface area contributed by atoms with Crippen LogP contribution >= 0.6 is 15.9 Å². The average Bonchev–Trinajstić information content (AvgIpc) is 2.07. The van der Waals surface area contributed by atoms with Gasteiger partial charge in [-0.15, -0.1) is 0 Å². The second kappa shape index (κ2) is 5.33. The van der Waals surface area contributed by atoms with E-state index in [4.69, 9.17) is 0 Å². The first-order valence-corrected chi connectivity index (χ1v) is 4.86. The van der Waals surface area contributed by atoms with E-state index in [-0.39, 0.29) is 0 Å². The lowest BCUT2D eigenvalue weighted by Crippen LogP contribution is -2.14. The first-order chi connectivity index (χ1) is 5.43. The van der Waals surface area contributed by atoms with Gasteiger partial charge in [0.15, 0.2) is 0 Å². The molecule has 0 aliphatic rings. The molecule has 0 aromatic heterocycles. The third-order valence-electron chi connectivity index (χ3n) is 1.53. The van der Waals surface area contributed by atoms with Crippen LogP contribution in [0.1, 0.15) is 5.56 Å². The molecule has 0 amide bonds. The van der Waals surface area contributed by atoms with Crippen LogP contribution in [0.4, 0.5) is 0 Å². The van der Waals surface area contributed by atoms with E-state index < -0.39 is 0 Å². The molecule has 1 aromatic rings. The molecule has 0 atom stereocenters. The number of halogens is 1. The molecular formula is C9H12BrN. The van der Waals surface area contributed by atoms with Crippen molar-refractivity contribution in [2.75, 3.05) is 12.0 Å². The first kappa shape index (κ1) is 8.75. The van der Waals surface area contributed by atoms with E-state index >= 15 is 0 Å². The summed E-state index contributed by atoms with van der Waals surface area (Å²) in [6, 6.07) is 10.5. The fourth-order valence-electron chi connectivity index (χ4n) is 0.944. The number of nitrogens with one attached hydrogen (secondary N) is 1. The third-order valence-corrected chi connectivity index (χ3v) is 1.92. The van der Waals surface area contributed by atoms with E-state index in [9.17, 15) is 0 Å². The van der Waals surface area contributed by atoms with Crippen molar-refractivity contribution in [3.8, 4) is 0 Å². The van der Waals surface area contributed by atoms with Crippen LogP contribution in [0.25, 0.3) is 0 Å². The molecule has 0 radical (unpaired) electrons. The molecule has 0 heterocycles. The number of hydrogen-bond donors (Lipinski definition) is 1. The molecule has 1 aromatic carbocycles. The molecule has 0 saturated carbocycles. The molecule has 0 spiro atoms. The molecule has 11 heavy (non-hydrogen) atoms. The second-order valence-corrected chi connectivity index (χ2v) is 2.93. The first-order valence-electron chi connectivity index (χ1n) is 3.74. The van der Waals surface area contributed by atoms with Gasteiger partial charge in [-0.2, -0.15) is 0 Å². The van der Waals surface area contributed by atoms with Crippen LogP contribution in [0.15, 0.2) is 30.3 Å². The minimum atomic E-state index is 0.875. The lowest BCUT2D eigenvalue weighted by atomic mass is 10.2. The van der Waals surface area contributed by atoms with Crippen molar-refractivity contribution < 1.29 is 0 Å². The predicted molar refractivity (Wildman–Crippen MR) is 51.9 cm³/mol. The fourth-order valence-corrected chi connectivity index (χ4v) is 1.22. The Kier molecular flexibility index (Phi) is 4.24. The van der Waals surface area contributed by atoms with Crippen molar-refractivity contribution in [3.05, 3.63) is 35.9 Å². The maximum atomic E-state index is 3.31. The van der Waals surface area contributed by atoms with Crippen LogP contribution < -0.4 is 5.32 Å². The zero-order valence-electron chi connectivity index (χ0n) is 6.39. The highest BCUT2D eigenvalue weighted by molar-refractivity contribution is 9.09. The molecule has 1 N–H and O–H groups in total. The standard InChI is InChI=1S/C9H12BrN/c10-8-11-7-6-9-4-2-1-3-5-9/h1-5,11H,6-8H2. The fraction of sp³-hybridized carbons (Fsp3) is 0.333. The van der Waals surface area contributed by atoms with Crippen molar-refractivity contribution in [1.82, 2.24) is 5.32 Å². The quantitative estimate of drug-likeness (QED) is 0.460. The van der Waals surface area contributed by atoms with Gasteiger partial charge in [0, 0.05) is 0 Å². The van der Waals surface area contributed by atoms with Crippen LogP contribution in [0.2, 0.25) is 0 Å². The summed E-state index contributed by atoms with van der Waals surface area (Å²) < 4.78 is 0. The largest absolute Gasteiger partial charge is 0.307 e. The Morgan fingerprint density at radius 1 is 1.18 bits per heavy atom. The van der Waals surface area contributed by atoms with Crippen LogP contribution in [-0.4, -0.2) is 12.0 Å². The van der Waals surface area contributed by atoms with Crippen molar-refractivity contribution in [2.24, 2.45) is 0 Å². The number of rotatable bonds is 4. The Hall–Kier alpha value is -0.340. The Morgan fingerprint density at radius 3 is 2.55 bits per heavy atom. The molecule has 1 rings (SSSR count). The van der Waals surface area contributed by atoms with Gasteiger partial charge in [-0.05, 0) is 18.5 Å². The van der Waals surface area contributed by atoms with Gasteiger partial charge in [0.25, 0.3) is 0 Å². The van der Waals surface area contributed by atoms with E-state index in [0.29, 0.717) is 0 Å². The van der Waals surface area contributed by atoms with Gasteiger partial charge in [-0.3, -0.25) is 0 Å². The van der Waals surface area contributed by atoms with E-state index in [1.165, 1.54) is 5.56 Å². The van der Waals surface area contributed by atoms with Crippen molar-refractivity contribution in [2.45, 2.75) is 6.42 Å². The summed E-state index contributed by atoms with van der Waals surface area (Å²) in [5, 5.41) is 3.21. The third kappa shape index (κ3) is 3.54. The molecule has 2 heteroatoms. The second-order valence-electron chi connectivity index (χ2n) is 2.37. The van der Waals surface area contributed by atoms with Crippen LogP contribution in [0.3, 0.4) is 0 Å². The SMILES string of the molecule is BrCNCCc1ccccc1. The summed E-state index contributed by atoms with van der Waals surface area (Å²) in [6.45, 7) is 1.04. The summed E-state index contributed by atoms with van der Waals surface area (Å²) in [7, 11) is 0. The minimum Gasteiger partial charge on any atom is -0.307 e. The molecule has 0 unspecified atom stereocenters. The van der Waals surface area contributed by atoms with E-state index in [1.54, 1.807) is 0 Å².